The highest BCUT2D eigenvalue weighted by Gasteiger charge is 2.10. The van der Waals surface area contributed by atoms with Gasteiger partial charge in [0.05, 0.1) is 0 Å². The second-order valence-corrected chi connectivity index (χ2v) is 13.2. The van der Waals surface area contributed by atoms with Crippen molar-refractivity contribution < 1.29 is 0 Å². The lowest BCUT2D eigenvalue weighted by Gasteiger charge is -2.28. The molecule has 0 unspecified atom stereocenters. The predicted molar refractivity (Wildman–Crippen MR) is 185 cm³/mol. The van der Waals surface area contributed by atoms with Gasteiger partial charge in [0.2, 0.25) is 0 Å². The Hall–Kier alpha value is -0.0800. The Balaban J connectivity index is 4.56. The van der Waals surface area contributed by atoms with Crippen molar-refractivity contribution in [2.24, 2.45) is 0 Å². The van der Waals surface area contributed by atoms with Gasteiger partial charge in [-0.3, -0.25) is 0 Å². The average molecular weight is 565 g/mol. The van der Waals surface area contributed by atoms with Crippen molar-refractivity contribution in [1.29, 1.82) is 0 Å². The number of rotatable bonds is 35. The minimum atomic E-state index is 1.30. The molecular formula is C38H80N2. The Bertz CT molecular complexity index is 361. The van der Waals surface area contributed by atoms with E-state index < -0.39 is 0 Å². The zero-order valence-corrected chi connectivity index (χ0v) is 28.9. The van der Waals surface area contributed by atoms with Crippen molar-refractivity contribution in [3.8, 4) is 0 Å². The van der Waals surface area contributed by atoms with Crippen LogP contribution in [0.25, 0.3) is 0 Å². The Morgan fingerprint density at radius 1 is 0.200 bits per heavy atom. The van der Waals surface area contributed by atoms with Gasteiger partial charge in [-0.2, -0.15) is 0 Å². The van der Waals surface area contributed by atoms with Gasteiger partial charge in [0, 0.05) is 13.1 Å². The van der Waals surface area contributed by atoms with Gasteiger partial charge in [0.15, 0.2) is 0 Å². The first-order chi connectivity index (χ1) is 19.8. The summed E-state index contributed by atoms with van der Waals surface area (Å²) in [6, 6.07) is 0. The van der Waals surface area contributed by atoms with E-state index in [4.69, 9.17) is 0 Å². The van der Waals surface area contributed by atoms with Crippen LogP contribution < -0.4 is 0 Å². The fourth-order valence-electron chi connectivity index (χ4n) is 6.12. The van der Waals surface area contributed by atoms with Gasteiger partial charge in [-0.05, 0) is 51.9 Å². The highest BCUT2D eigenvalue weighted by Crippen LogP contribution is 2.13. The quantitative estimate of drug-likeness (QED) is 0.0706. The first-order valence-electron chi connectivity index (χ1n) is 19.2. The van der Waals surface area contributed by atoms with E-state index in [1.807, 2.05) is 0 Å². The van der Waals surface area contributed by atoms with Gasteiger partial charge in [-0.1, -0.05) is 182 Å². The normalized spacial score (nSPS) is 11.8. The molecule has 0 spiro atoms. The number of unbranched alkanes of at least 4 members (excludes halogenated alkanes) is 24. The van der Waals surface area contributed by atoms with Crippen LogP contribution in [-0.2, 0) is 0 Å². The first-order valence-corrected chi connectivity index (χ1v) is 19.2. The molecular weight excluding hydrogens is 484 g/mol. The highest BCUT2D eigenvalue weighted by atomic mass is 15.2. The molecule has 0 saturated carbocycles. The number of nitrogens with zero attached hydrogens (tertiary/aromatic N) is 2. The number of hydrogen-bond acceptors (Lipinski definition) is 2. The summed E-state index contributed by atoms with van der Waals surface area (Å²) in [4.78, 5) is 5.72. The van der Waals surface area contributed by atoms with Gasteiger partial charge >= 0.3 is 0 Å². The second-order valence-electron chi connectivity index (χ2n) is 13.2. The Morgan fingerprint density at radius 2 is 0.375 bits per heavy atom. The smallest absolute Gasteiger partial charge is 0.0109 e. The topological polar surface area (TPSA) is 6.48 Å². The van der Waals surface area contributed by atoms with Gasteiger partial charge < -0.3 is 9.80 Å². The summed E-state index contributed by atoms with van der Waals surface area (Å²) in [5.41, 5.74) is 0. The summed E-state index contributed by atoms with van der Waals surface area (Å²) in [6.07, 6.45) is 40.0. The third-order valence-corrected chi connectivity index (χ3v) is 9.04. The summed E-state index contributed by atoms with van der Waals surface area (Å²) >= 11 is 0. The maximum Gasteiger partial charge on any atom is 0.0109 e. The molecule has 0 aliphatic heterocycles. The molecule has 0 aromatic rings. The van der Waals surface area contributed by atoms with Crippen LogP contribution in [0.4, 0.5) is 0 Å². The zero-order valence-electron chi connectivity index (χ0n) is 28.9. The van der Waals surface area contributed by atoms with Crippen LogP contribution in [0.3, 0.4) is 0 Å². The largest absolute Gasteiger partial charge is 0.302 e. The molecule has 0 bridgehead atoms. The van der Waals surface area contributed by atoms with Gasteiger partial charge in [-0.25, -0.2) is 0 Å². The Morgan fingerprint density at radius 3 is 0.575 bits per heavy atom. The summed E-state index contributed by atoms with van der Waals surface area (Å²) < 4.78 is 0. The van der Waals surface area contributed by atoms with Crippen molar-refractivity contribution in [3.05, 3.63) is 0 Å². The van der Waals surface area contributed by atoms with E-state index in [2.05, 4.69) is 37.5 Å². The minimum absolute atomic E-state index is 1.30. The molecule has 0 amide bonds. The molecule has 0 aromatic carbocycles. The summed E-state index contributed by atoms with van der Waals surface area (Å²) in [5, 5.41) is 0. The molecule has 0 aliphatic rings. The molecule has 0 fully saturated rings. The fraction of sp³-hybridized carbons (Fsp3) is 1.00. The van der Waals surface area contributed by atoms with Crippen LogP contribution in [-0.4, -0.2) is 49.1 Å². The Kier molecular flexibility index (Phi) is 35.0. The Labute approximate surface area is 256 Å². The van der Waals surface area contributed by atoms with Gasteiger partial charge in [-0.15, -0.1) is 0 Å². The van der Waals surface area contributed by atoms with Crippen LogP contribution in [0.15, 0.2) is 0 Å². The SMILES string of the molecule is CCCCCCCCCN(CCCCCCCCC)CCN(CCCCCCCCC)CCCCCCCCC. The predicted octanol–water partition coefficient (Wildman–Crippen LogP) is 12.6. The first kappa shape index (κ1) is 39.9. The number of hydrogen-bond donors (Lipinski definition) is 0. The molecule has 0 saturated heterocycles. The van der Waals surface area contributed by atoms with Crippen molar-refractivity contribution >= 4 is 0 Å². The molecule has 0 radical (unpaired) electrons. The highest BCUT2D eigenvalue weighted by molar-refractivity contribution is 4.66. The molecule has 40 heavy (non-hydrogen) atoms. The second kappa shape index (κ2) is 35.1. The van der Waals surface area contributed by atoms with Crippen molar-refractivity contribution in [2.45, 2.75) is 207 Å². The van der Waals surface area contributed by atoms with E-state index in [1.165, 1.54) is 219 Å². The molecule has 242 valence electrons. The monoisotopic (exact) mass is 565 g/mol. The molecule has 2 nitrogen and oxygen atoms in total. The van der Waals surface area contributed by atoms with Crippen molar-refractivity contribution in [1.82, 2.24) is 9.80 Å². The molecule has 0 aliphatic carbocycles. The zero-order chi connectivity index (χ0) is 29.2. The maximum atomic E-state index is 2.86. The fourth-order valence-corrected chi connectivity index (χ4v) is 6.12. The van der Waals surface area contributed by atoms with E-state index in [9.17, 15) is 0 Å². The van der Waals surface area contributed by atoms with Crippen LogP contribution in [0.2, 0.25) is 0 Å². The summed E-state index contributed by atoms with van der Waals surface area (Å²) in [5.74, 6) is 0. The van der Waals surface area contributed by atoms with Crippen LogP contribution in [0.5, 0.6) is 0 Å². The van der Waals surface area contributed by atoms with E-state index in [0.717, 1.165) is 0 Å². The minimum Gasteiger partial charge on any atom is -0.302 e. The van der Waals surface area contributed by atoms with Crippen molar-refractivity contribution in [3.63, 3.8) is 0 Å². The molecule has 0 aromatic heterocycles. The average Bonchev–Trinajstić information content (AvgIpc) is 2.96. The third kappa shape index (κ3) is 30.9. The molecule has 0 heterocycles. The van der Waals surface area contributed by atoms with Gasteiger partial charge in [0.25, 0.3) is 0 Å². The van der Waals surface area contributed by atoms with Gasteiger partial charge in [0.1, 0.15) is 0 Å². The van der Waals surface area contributed by atoms with E-state index in [1.54, 1.807) is 0 Å². The maximum absolute atomic E-state index is 2.86. The standard InChI is InChI=1S/C38H80N2/c1-5-9-13-17-21-25-29-33-39(34-30-26-22-18-14-10-6-2)37-38-40(35-31-27-23-19-15-11-7-3)36-32-28-24-20-16-12-8-4/h5-38H2,1-4H3. The van der Waals surface area contributed by atoms with E-state index in [0.29, 0.717) is 0 Å². The molecule has 0 atom stereocenters. The van der Waals surface area contributed by atoms with Crippen LogP contribution in [0.1, 0.15) is 207 Å². The summed E-state index contributed by atoms with van der Waals surface area (Å²) in [6.45, 7) is 17.3. The van der Waals surface area contributed by atoms with E-state index in [-0.39, 0.29) is 0 Å². The lowest BCUT2D eigenvalue weighted by atomic mass is 10.1. The van der Waals surface area contributed by atoms with Crippen molar-refractivity contribution in [2.75, 3.05) is 39.3 Å². The lowest BCUT2D eigenvalue weighted by molar-refractivity contribution is 0.192. The van der Waals surface area contributed by atoms with Crippen LogP contribution in [0, 0.1) is 0 Å². The molecule has 2 heteroatoms. The lowest BCUT2D eigenvalue weighted by Crippen LogP contribution is -2.37. The summed E-state index contributed by atoms with van der Waals surface area (Å²) in [7, 11) is 0. The third-order valence-electron chi connectivity index (χ3n) is 9.04. The van der Waals surface area contributed by atoms with Crippen LogP contribution >= 0.6 is 0 Å². The molecule has 0 N–H and O–H groups in total. The van der Waals surface area contributed by atoms with E-state index >= 15 is 0 Å². The molecule has 0 rings (SSSR count).